The second kappa shape index (κ2) is 11.3. The summed E-state index contributed by atoms with van der Waals surface area (Å²) in [6.07, 6.45) is 16.3. The SMILES string of the molecule is C=C1CCc2cc(Nc3ncc(C)c(N4C=CC(C(C)NC(CO)C5=CC(Cl)=C[C@H](C)C=C5)C4)n3)ccc21. The Balaban J connectivity index is 1.25. The molecule has 1 aromatic carbocycles. The van der Waals surface area contributed by atoms with Crippen LogP contribution in [0.2, 0.25) is 0 Å². The number of aliphatic hydroxyl groups excluding tert-OH is 1. The molecule has 0 saturated heterocycles. The van der Waals surface area contributed by atoms with Crippen LogP contribution in [0.1, 0.15) is 37.0 Å². The Morgan fingerprint density at radius 2 is 2.11 bits per heavy atom. The van der Waals surface area contributed by atoms with E-state index < -0.39 is 0 Å². The Morgan fingerprint density at radius 1 is 1.26 bits per heavy atom. The van der Waals surface area contributed by atoms with Crippen molar-refractivity contribution in [3.8, 4) is 0 Å². The molecule has 0 radical (unpaired) electrons. The molecule has 6 nitrogen and oxygen atoms in total. The van der Waals surface area contributed by atoms with Crippen LogP contribution in [0.25, 0.3) is 5.57 Å². The summed E-state index contributed by atoms with van der Waals surface area (Å²) < 4.78 is 0. The zero-order valence-electron chi connectivity index (χ0n) is 22.3. The summed E-state index contributed by atoms with van der Waals surface area (Å²) >= 11 is 6.37. The molecular formula is C31H36ClN5O. The minimum absolute atomic E-state index is 0.00390. The first-order valence-corrected chi connectivity index (χ1v) is 13.7. The third kappa shape index (κ3) is 5.78. The molecule has 0 amide bonds. The van der Waals surface area contributed by atoms with Gasteiger partial charge in [-0.1, -0.05) is 55.5 Å². The number of fused-ring (bicyclic) bond motifs is 1. The standard InChI is InChI=1S/C31H36ClN5O/c1-19-5-7-24(14-26(32)13-19)29(18-38)34-22(4)25-11-12-37(17-25)30-21(3)16-33-31(36-30)35-27-9-10-28-20(2)6-8-23(28)15-27/h5,7,9-16,19,22,25,29,34,38H,2,6,8,17-18H2,1,3-4H3,(H,33,35,36)/t19-,22?,25?,29?/m1/s1. The number of halogens is 1. The van der Waals surface area contributed by atoms with Gasteiger partial charge in [-0.2, -0.15) is 4.98 Å². The number of aryl methyl sites for hydroxylation is 2. The van der Waals surface area contributed by atoms with E-state index in [1.54, 1.807) is 0 Å². The van der Waals surface area contributed by atoms with Crippen LogP contribution < -0.4 is 15.5 Å². The van der Waals surface area contributed by atoms with Gasteiger partial charge in [0.05, 0.1) is 12.6 Å². The van der Waals surface area contributed by atoms with Crippen molar-refractivity contribution >= 4 is 34.6 Å². The maximum atomic E-state index is 10.1. The summed E-state index contributed by atoms with van der Waals surface area (Å²) in [6, 6.07) is 6.31. The number of rotatable bonds is 8. The quantitative estimate of drug-likeness (QED) is 0.387. The van der Waals surface area contributed by atoms with Crippen LogP contribution in [0, 0.1) is 18.8 Å². The van der Waals surface area contributed by atoms with E-state index in [9.17, 15) is 5.11 Å². The van der Waals surface area contributed by atoms with Crippen molar-refractivity contribution in [2.45, 2.75) is 45.7 Å². The van der Waals surface area contributed by atoms with Gasteiger partial charge in [-0.3, -0.25) is 0 Å². The van der Waals surface area contributed by atoms with Crippen molar-refractivity contribution < 1.29 is 5.11 Å². The first-order chi connectivity index (χ1) is 18.3. The number of nitrogens with zero attached hydrogens (tertiary/aromatic N) is 3. The minimum atomic E-state index is -0.197. The largest absolute Gasteiger partial charge is 0.394 e. The van der Waals surface area contributed by atoms with Crippen LogP contribution in [-0.4, -0.2) is 40.3 Å². The Morgan fingerprint density at radius 3 is 2.92 bits per heavy atom. The molecule has 3 unspecified atom stereocenters. The summed E-state index contributed by atoms with van der Waals surface area (Å²) in [6.45, 7) is 11.2. The van der Waals surface area contributed by atoms with E-state index in [1.807, 2.05) is 25.3 Å². The fourth-order valence-electron chi connectivity index (χ4n) is 5.34. The van der Waals surface area contributed by atoms with Crippen molar-refractivity contribution in [3.63, 3.8) is 0 Å². The molecule has 3 aliphatic rings. The molecular weight excluding hydrogens is 494 g/mol. The first-order valence-electron chi connectivity index (χ1n) is 13.3. The average molecular weight is 530 g/mol. The lowest BCUT2D eigenvalue weighted by atomic mass is 9.99. The molecule has 1 aromatic heterocycles. The van der Waals surface area contributed by atoms with Crippen LogP contribution in [0.5, 0.6) is 0 Å². The minimum Gasteiger partial charge on any atom is -0.394 e. The smallest absolute Gasteiger partial charge is 0.229 e. The summed E-state index contributed by atoms with van der Waals surface area (Å²) in [4.78, 5) is 11.6. The normalized spacial score (nSPS) is 22.1. The number of nitrogens with one attached hydrogen (secondary N) is 2. The molecule has 5 rings (SSSR count). The Kier molecular flexibility index (Phi) is 7.84. The van der Waals surface area contributed by atoms with E-state index in [1.165, 1.54) is 16.7 Å². The lowest BCUT2D eigenvalue weighted by Crippen LogP contribution is -2.44. The van der Waals surface area contributed by atoms with Crippen LogP contribution >= 0.6 is 11.6 Å². The number of benzene rings is 1. The number of aliphatic hydroxyl groups is 1. The Labute approximate surface area is 230 Å². The Hall–Kier alpha value is -3.19. The van der Waals surface area contributed by atoms with Gasteiger partial charge in [-0.25, -0.2) is 4.98 Å². The van der Waals surface area contributed by atoms with Gasteiger partial charge < -0.3 is 20.6 Å². The fraction of sp³-hybridized carbons (Fsp3) is 0.355. The van der Waals surface area contributed by atoms with Crippen molar-refractivity contribution in [1.82, 2.24) is 15.3 Å². The third-order valence-electron chi connectivity index (χ3n) is 7.59. The molecule has 198 valence electrons. The molecule has 2 heterocycles. The maximum Gasteiger partial charge on any atom is 0.229 e. The average Bonchev–Trinajstić information content (AvgIpc) is 3.49. The molecule has 2 aliphatic carbocycles. The molecule has 38 heavy (non-hydrogen) atoms. The van der Waals surface area contributed by atoms with E-state index in [-0.39, 0.29) is 30.5 Å². The molecule has 0 fully saturated rings. The highest BCUT2D eigenvalue weighted by molar-refractivity contribution is 6.31. The molecule has 0 bridgehead atoms. The van der Waals surface area contributed by atoms with Gasteiger partial charge in [0.15, 0.2) is 0 Å². The highest BCUT2D eigenvalue weighted by Gasteiger charge is 2.27. The number of hydrogen-bond donors (Lipinski definition) is 3. The summed E-state index contributed by atoms with van der Waals surface area (Å²) in [5, 5.41) is 17.8. The zero-order chi connectivity index (χ0) is 26.8. The van der Waals surface area contributed by atoms with E-state index >= 15 is 0 Å². The molecule has 3 N–H and O–H groups in total. The number of aromatic nitrogens is 2. The van der Waals surface area contributed by atoms with Crippen LogP contribution in [0.4, 0.5) is 17.5 Å². The van der Waals surface area contributed by atoms with Crippen molar-refractivity contribution in [2.24, 2.45) is 11.8 Å². The van der Waals surface area contributed by atoms with E-state index in [4.69, 9.17) is 16.6 Å². The van der Waals surface area contributed by atoms with E-state index in [0.29, 0.717) is 11.0 Å². The lowest BCUT2D eigenvalue weighted by molar-refractivity contribution is 0.245. The van der Waals surface area contributed by atoms with Gasteiger partial charge in [-0.05, 0) is 73.1 Å². The highest BCUT2D eigenvalue weighted by atomic mass is 35.5. The Bertz CT molecular complexity index is 1340. The van der Waals surface area contributed by atoms with Crippen molar-refractivity contribution in [1.29, 1.82) is 0 Å². The molecule has 4 atom stereocenters. The number of anilines is 3. The summed E-state index contributed by atoms with van der Waals surface area (Å²) in [5.74, 6) is 1.98. The molecule has 0 spiro atoms. The van der Waals surface area contributed by atoms with Crippen LogP contribution in [0.15, 0.2) is 78.2 Å². The van der Waals surface area contributed by atoms with Gasteiger partial charge in [0.25, 0.3) is 0 Å². The van der Waals surface area contributed by atoms with E-state index in [2.05, 4.69) is 83.6 Å². The predicted octanol–water partition coefficient (Wildman–Crippen LogP) is 6.03. The summed E-state index contributed by atoms with van der Waals surface area (Å²) in [5.41, 5.74) is 6.79. The van der Waals surface area contributed by atoms with Crippen LogP contribution in [-0.2, 0) is 6.42 Å². The lowest BCUT2D eigenvalue weighted by Gasteiger charge is -2.27. The van der Waals surface area contributed by atoms with Gasteiger partial charge in [0.1, 0.15) is 5.82 Å². The fourth-order valence-corrected chi connectivity index (χ4v) is 5.66. The predicted molar refractivity (Wildman–Crippen MR) is 158 cm³/mol. The van der Waals surface area contributed by atoms with Crippen molar-refractivity contribution in [2.75, 3.05) is 23.4 Å². The summed E-state index contributed by atoms with van der Waals surface area (Å²) in [7, 11) is 0. The third-order valence-corrected chi connectivity index (χ3v) is 7.82. The van der Waals surface area contributed by atoms with Gasteiger partial charge in [-0.15, -0.1) is 0 Å². The maximum absolute atomic E-state index is 10.1. The van der Waals surface area contributed by atoms with Crippen molar-refractivity contribution in [3.05, 3.63) is 94.9 Å². The zero-order valence-corrected chi connectivity index (χ0v) is 23.0. The second-order valence-electron chi connectivity index (χ2n) is 10.6. The number of hydrogen-bond acceptors (Lipinski definition) is 6. The van der Waals surface area contributed by atoms with E-state index in [0.717, 1.165) is 42.0 Å². The molecule has 7 heteroatoms. The first kappa shape index (κ1) is 26.4. The molecule has 2 aromatic rings. The van der Waals surface area contributed by atoms with Crippen LogP contribution in [0.3, 0.4) is 0 Å². The topological polar surface area (TPSA) is 73.3 Å². The monoisotopic (exact) mass is 529 g/mol. The highest BCUT2D eigenvalue weighted by Crippen LogP contribution is 2.33. The second-order valence-corrected chi connectivity index (χ2v) is 11.0. The molecule has 0 saturated carbocycles. The van der Waals surface area contributed by atoms with Gasteiger partial charge >= 0.3 is 0 Å². The van der Waals surface area contributed by atoms with Gasteiger partial charge in [0.2, 0.25) is 5.95 Å². The van der Waals surface area contributed by atoms with Gasteiger partial charge in [0, 0.05) is 47.2 Å². The number of allylic oxidation sites excluding steroid dienone is 5. The molecule has 1 aliphatic heterocycles.